The molecule has 0 saturated heterocycles. The van der Waals surface area contributed by atoms with Gasteiger partial charge in [0.1, 0.15) is 5.69 Å². The molecule has 0 saturated carbocycles. The lowest BCUT2D eigenvalue weighted by atomic mass is 9.92. The van der Waals surface area contributed by atoms with Crippen molar-refractivity contribution < 1.29 is 4.79 Å². The largest absolute Gasteiger partial charge is 0.345 e. The van der Waals surface area contributed by atoms with E-state index in [0.29, 0.717) is 11.4 Å². The fraction of sp³-hybridized carbons (Fsp3) is 0.278. The maximum absolute atomic E-state index is 12.4. The van der Waals surface area contributed by atoms with Crippen LogP contribution in [0.2, 0.25) is 0 Å². The monoisotopic (exact) mass is 334 g/mol. The summed E-state index contributed by atoms with van der Waals surface area (Å²) < 4.78 is 1.62. The second-order valence-electron chi connectivity index (χ2n) is 6.13. The van der Waals surface area contributed by atoms with Crippen molar-refractivity contribution in [2.45, 2.75) is 25.3 Å². The molecule has 3 heterocycles. The lowest BCUT2D eigenvalue weighted by Crippen LogP contribution is -2.31. The van der Waals surface area contributed by atoms with Crippen molar-refractivity contribution in [1.82, 2.24) is 30.0 Å². The van der Waals surface area contributed by atoms with Crippen molar-refractivity contribution in [2.75, 3.05) is 0 Å². The number of nitrogens with zero attached hydrogens (tertiary/aromatic N) is 5. The van der Waals surface area contributed by atoms with Crippen LogP contribution >= 0.6 is 0 Å². The van der Waals surface area contributed by atoms with E-state index in [0.717, 1.165) is 36.2 Å². The molecule has 1 aliphatic carbocycles. The van der Waals surface area contributed by atoms with Crippen LogP contribution in [0.4, 0.5) is 0 Å². The van der Waals surface area contributed by atoms with Gasteiger partial charge in [-0.1, -0.05) is 6.07 Å². The molecule has 7 heteroatoms. The van der Waals surface area contributed by atoms with Gasteiger partial charge in [0.25, 0.3) is 5.91 Å². The Morgan fingerprint density at radius 2 is 2.20 bits per heavy atom. The van der Waals surface area contributed by atoms with Crippen molar-refractivity contribution in [2.24, 2.45) is 7.05 Å². The molecule has 1 unspecified atom stereocenters. The van der Waals surface area contributed by atoms with Crippen LogP contribution in [0.15, 0.2) is 43.0 Å². The summed E-state index contributed by atoms with van der Waals surface area (Å²) in [5.74, 6) is 0.498. The van der Waals surface area contributed by atoms with E-state index in [9.17, 15) is 4.79 Å². The Labute approximate surface area is 145 Å². The first-order chi connectivity index (χ1) is 12.2. The van der Waals surface area contributed by atoms with Crippen LogP contribution in [0.5, 0.6) is 0 Å². The van der Waals surface area contributed by atoms with Crippen molar-refractivity contribution in [3.05, 3.63) is 59.8 Å². The van der Waals surface area contributed by atoms with Gasteiger partial charge >= 0.3 is 0 Å². The van der Waals surface area contributed by atoms with Crippen LogP contribution < -0.4 is 5.32 Å². The van der Waals surface area contributed by atoms with Crippen LogP contribution in [-0.4, -0.2) is 30.6 Å². The molecule has 3 aromatic heterocycles. The normalized spacial score (nSPS) is 16.3. The molecule has 1 atom stereocenters. The van der Waals surface area contributed by atoms with Crippen LogP contribution in [0.1, 0.15) is 40.5 Å². The number of nitrogens with one attached hydrogen (secondary N) is 1. The molecule has 0 bridgehead atoms. The van der Waals surface area contributed by atoms with Crippen LogP contribution in [-0.2, 0) is 13.5 Å². The fourth-order valence-corrected chi connectivity index (χ4v) is 3.10. The Hall–Kier alpha value is -3.09. The summed E-state index contributed by atoms with van der Waals surface area (Å²) in [7, 11) is 1.79. The fourth-order valence-electron chi connectivity index (χ4n) is 3.10. The van der Waals surface area contributed by atoms with Gasteiger partial charge in [-0.25, -0.2) is 9.97 Å². The van der Waals surface area contributed by atoms with E-state index in [-0.39, 0.29) is 11.9 Å². The molecule has 25 heavy (non-hydrogen) atoms. The topological polar surface area (TPSA) is 85.6 Å². The predicted molar refractivity (Wildman–Crippen MR) is 91.6 cm³/mol. The van der Waals surface area contributed by atoms with Gasteiger partial charge in [0.2, 0.25) is 0 Å². The van der Waals surface area contributed by atoms with E-state index in [2.05, 4.69) is 25.4 Å². The van der Waals surface area contributed by atoms with Crippen LogP contribution in [0.25, 0.3) is 11.5 Å². The lowest BCUT2D eigenvalue weighted by Gasteiger charge is -2.25. The average molecular weight is 334 g/mol. The molecule has 0 radical (unpaired) electrons. The van der Waals surface area contributed by atoms with Crippen molar-refractivity contribution in [3.8, 4) is 11.5 Å². The maximum atomic E-state index is 12.4. The molecule has 0 spiro atoms. The minimum Gasteiger partial charge on any atom is -0.345 e. The summed E-state index contributed by atoms with van der Waals surface area (Å²) in [6.45, 7) is 0. The number of carbonyl (C=O) groups excluding carboxylic acids is 1. The summed E-state index contributed by atoms with van der Waals surface area (Å²) in [6, 6.07) is 5.61. The Bertz CT molecular complexity index is 905. The van der Waals surface area contributed by atoms with Crippen molar-refractivity contribution >= 4 is 5.91 Å². The highest BCUT2D eigenvalue weighted by molar-refractivity contribution is 5.94. The minimum absolute atomic E-state index is 0.0748. The third kappa shape index (κ3) is 3.13. The summed E-state index contributed by atoms with van der Waals surface area (Å²) in [6.07, 6.45) is 9.57. The predicted octanol–water partition coefficient (Wildman–Crippen LogP) is 2.08. The molecule has 0 aliphatic heterocycles. The molecule has 0 fully saturated rings. The zero-order chi connectivity index (χ0) is 17.2. The first-order valence-electron chi connectivity index (χ1n) is 8.27. The smallest absolute Gasteiger partial charge is 0.254 e. The molecular formula is C18H18N6O. The van der Waals surface area contributed by atoms with Gasteiger partial charge in [-0.2, -0.15) is 5.10 Å². The van der Waals surface area contributed by atoms with Crippen LogP contribution in [0.3, 0.4) is 0 Å². The van der Waals surface area contributed by atoms with Crippen molar-refractivity contribution in [1.29, 1.82) is 0 Å². The summed E-state index contributed by atoms with van der Waals surface area (Å²) in [5.41, 5.74) is 3.29. The second-order valence-corrected chi connectivity index (χ2v) is 6.13. The van der Waals surface area contributed by atoms with E-state index in [1.165, 1.54) is 0 Å². The molecular weight excluding hydrogens is 316 g/mol. The zero-order valence-electron chi connectivity index (χ0n) is 13.9. The first-order valence-corrected chi connectivity index (χ1v) is 8.27. The number of hydrogen-bond acceptors (Lipinski definition) is 5. The number of aromatic nitrogens is 5. The van der Waals surface area contributed by atoms with Gasteiger partial charge < -0.3 is 5.32 Å². The van der Waals surface area contributed by atoms with Gasteiger partial charge in [-0.15, -0.1) is 0 Å². The quantitative estimate of drug-likeness (QED) is 0.792. The molecule has 1 amide bonds. The SMILES string of the molecule is Cn1cc(C(=O)NC2CCCc3nc(-c4ccccn4)ncc32)cn1. The standard InChI is InChI=1S/C18H18N6O/c1-24-11-12(9-21-24)18(25)23-15-7-4-6-14-13(15)10-20-17(22-14)16-5-2-3-8-19-16/h2-3,5,8-11,15H,4,6-7H2,1H3,(H,23,25). The number of amides is 1. The van der Waals surface area contributed by atoms with E-state index < -0.39 is 0 Å². The van der Waals surface area contributed by atoms with Crippen LogP contribution in [0, 0.1) is 0 Å². The van der Waals surface area contributed by atoms with Gasteiger partial charge in [-0.05, 0) is 31.4 Å². The molecule has 3 aromatic rings. The lowest BCUT2D eigenvalue weighted by molar-refractivity contribution is 0.0932. The summed E-state index contributed by atoms with van der Waals surface area (Å²) >= 11 is 0. The Morgan fingerprint density at radius 3 is 2.96 bits per heavy atom. The number of fused-ring (bicyclic) bond motifs is 1. The van der Waals surface area contributed by atoms with E-state index in [1.807, 2.05) is 24.4 Å². The van der Waals surface area contributed by atoms with Gasteiger partial charge in [0.05, 0.1) is 17.8 Å². The number of hydrogen-bond donors (Lipinski definition) is 1. The summed E-state index contributed by atoms with van der Waals surface area (Å²) in [4.78, 5) is 25.8. The Kier molecular flexibility index (Phi) is 3.97. The molecule has 126 valence electrons. The van der Waals surface area contributed by atoms with E-state index in [4.69, 9.17) is 0 Å². The maximum Gasteiger partial charge on any atom is 0.254 e. The Morgan fingerprint density at radius 1 is 1.28 bits per heavy atom. The molecule has 7 nitrogen and oxygen atoms in total. The van der Waals surface area contributed by atoms with Crippen molar-refractivity contribution in [3.63, 3.8) is 0 Å². The number of rotatable bonds is 3. The summed E-state index contributed by atoms with van der Waals surface area (Å²) in [5, 5.41) is 7.12. The molecule has 0 aromatic carbocycles. The molecule has 1 aliphatic rings. The highest BCUT2D eigenvalue weighted by Crippen LogP contribution is 2.29. The third-order valence-electron chi connectivity index (χ3n) is 4.35. The first kappa shape index (κ1) is 15.4. The van der Waals surface area contributed by atoms with E-state index >= 15 is 0 Å². The third-order valence-corrected chi connectivity index (χ3v) is 4.35. The highest BCUT2D eigenvalue weighted by Gasteiger charge is 2.24. The average Bonchev–Trinajstić information content (AvgIpc) is 3.09. The Balaban J connectivity index is 1.59. The number of aryl methyl sites for hydroxylation is 2. The highest BCUT2D eigenvalue weighted by atomic mass is 16.1. The van der Waals surface area contributed by atoms with E-state index in [1.54, 1.807) is 30.3 Å². The van der Waals surface area contributed by atoms with Gasteiger partial charge in [0, 0.05) is 36.9 Å². The number of carbonyl (C=O) groups is 1. The minimum atomic E-state index is -0.125. The second kappa shape index (κ2) is 6.43. The van der Waals surface area contributed by atoms with Gasteiger partial charge in [0.15, 0.2) is 5.82 Å². The molecule has 1 N–H and O–H groups in total. The zero-order valence-corrected chi connectivity index (χ0v) is 13.9. The number of pyridine rings is 1. The van der Waals surface area contributed by atoms with Gasteiger partial charge in [-0.3, -0.25) is 14.5 Å². The molecule has 4 rings (SSSR count).